The standard InChI is InChI=1S/C19H18ClNO6S/c20-15-6-8-17(9-7-15)28(25,26)19(10-1-2-11-19)18(22)27-13-14-4-3-5-16(12-14)21(23)24/h3-9,12H,1-2,10-11,13H2. The second kappa shape index (κ2) is 7.89. The highest BCUT2D eigenvalue weighted by Gasteiger charge is 2.54. The molecule has 0 N–H and O–H groups in total. The monoisotopic (exact) mass is 423 g/mol. The van der Waals surface area contributed by atoms with Crippen molar-refractivity contribution in [2.45, 2.75) is 41.9 Å². The summed E-state index contributed by atoms with van der Waals surface area (Å²) in [5.74, 6) is -0.827. The molecule has 2 aromatic carbocycles. The van der Waals surface area contributed by atoms with Crippen LogP contribution in [-0.2, 0) is 26.0 Å². The maximum absolute atomic E-state index is 13.2. The van der Waals surface area contributed by atoms with Gasteiger partial charge in [0.1, 0.15) is 6.61 Å². The number of carbonyl (C=O) groups is 1. The number of carbonyl (C=O) groups excluding carboxylic acids is 1. The smallest absolute Gasteiger partial charge is 0.328 e. The summed E-state index contributed by atoms with van der Waals surface area (Å²) in [6.07, 6.45) is 1.54. The van der Waals surface area contributed by atoms with Gasteiger partial charge in [-0.1, -0.05) is 36.6 Å². The number of non-ortho nitro benzene ring substituents is 1. The molecule has 0 radical (unpaired) electrons. The predicted molar refractivity (Wildman–Crippen MR) is 103 cm³/mol. The Labute approximate surface area is 167 Å². The maximum atomic E-state index is 13.2. The SMILES string of the molecule is O=C(OCc1cccc([N+](=O)[O-])c1)C1(S(=O)(=O)c2ccc(Cl)cc2)CCCC1. The molecule has 1 aliphatic carbocycles. The summed E-state index contributed by atoms with van der Waals surface area (Å²) in [5, 5.41) is 11.3. The lowest BCUT2D eigenvalue weighted by Gasteiger charge is -2.26. The molecule has 148 valence electrons. The quantitative estimate of drug-likeness (QED) is 0.394. The van der Waals surface area contributed by atoms with Crippen LogP contribution >= 0.6 is 11.6 Å². The molecule has 1 fully saturated rings. The van der Waals surface area contributed by atoms with Gasteiger partial charge >= 0.3 is 5.97 Å². The third-order valence-electron chi connectivity index (χ3n) is 4.91. The van der Waals surface area contributed by atoms with Crippen LogP contribution in [0.4, 0.5) is 5.69 Å². The molecule has 7 nitrogen and oxygen atoms in total. The van der Waals surface area contributed by atoms with Crippen molar-refractivity contribution in [1.29, 1.82) is 0 Å². The number of nitrogens with zero attached hydrogens (tertiary/aromatic N) is 1. The molecule has 9 heteroatoms. The number of esters is 1. The van der Waals surface area contributed by atoms with Crippen molar-refractivity contribution in [1.82, 2.24) is 0 Å². The zero-order chi connectivity index (χ0) is 20.4. The molecule has 0 heterocycles. The first-order chi connectivity index (χ1) is 13.3. The van der Waals surface area contributed by atoms with E-state index in [0.717, 1.165) is 0 Å². The lowest BCUT2D eigenvalue weighted by molar-refractivity contribution is -0.384. The third-order valence-corrected chi connectivity index (χ3v) is 7.66. The highest BCUT2D eigenvalue weighted by atomic mass is 35.5. The molecule has 0 atom stereocenters. The molecule has 0 saturated heterocycles. The Bertz CT molecular complexity index is 997. The summed E-state index contributed by atoms with van der Waals surface area (Å²) in [5.41, 5.74) is 0.289. The second-order valence-corrected chi connectivity index (χ2v) is 9.36. The van der Waals surface area contributed by atoms with E-state index < -0.39 is 25.5 Å². The second-order valence-electron chi connectivity index (χ2n) is 6.66. The fraction of sp³-hybridized carbons (Fsp3) is 0.316. The van der Waals surface area contributed by atoms with Gasteiger partial charge in [-0.2, -0.15) is 0 Å². The minimum Gasteiger partial charge on any atom is -0.460 e. The number of halogens is 1. The van der Waals surface area contributed by atoms with E-state index in [1.165, 1.54) is 42.5 Å². The Morgan fingerprint density at radius 3 is 2.39 bits per heavy atom. The van der Waals surface area contributed by atoms with Crippen LogP contribution in [0.5, 0.6) is 0 Å². The number of hydrogen-bond acceptors (Lipinski definition) is 6. The van der Waals surface area contributed by atoms with Crippen molar-refractivity contribution >= 4 is 33.1 Å². The van der Waals surface area contributed by atoms with Crippen LogP contribution in [0.3, 0.4) is 0 Å². The molecule has 0 aromatic heterocycles. The Balaban J connectivity index is 1.85. The van der Waals surface area contributed by atoms with E-state index in [1.54, 1.807) is 6.07 Å². The van der Waals surface area contributed by atoms with Crippen molar-refractivity contribution in [3.63, 3.8) is 0 Å². The number of nitro benzene ring substituents is 1. The van der Waals surface area contributed by atoms with Crippen molar-refractivity contribution in [3.8, 4) is 0 Å². The summed E-state index contributed by atoms with van der Waals surface area (Å²) in [7, 11) is -3.98. The fourth-order valence-electron chi connectivity index (χ4n) is 3.41. The van der Waals surface area contributed by atoms with Gasteiger partial charge < -0.3 is 4.74 Å². The van der Waals surface area contributed by atoms with E-state index >= 15 is 0 Å². The van der Waals surface area contributed by atoms with Crippen LogP contribution in [0.15, 0.2) is 53.4 Å². The van der Waals surface area contributed by atoms with Crippen molar-refractivity contribution < 1.29 is 22.9 Å². The summed E-state index contributed by atoms with van der Waals surface area (Å²) < 4.78 is 30.1. The number of ether oxygens (including phenoxy) is 1. The lowest BCUT2D eigenvalue weighted by Crippen LogP contribution is -2.45. The van der Waals surface area contributed by atoms with Crippen molar-refractivity contribution in [2.75, 3.05) is 0 Å². The average Bonchev–Trinajstić information content (AvgIpc) is 3.18. The fourth-order valence-corrected chi connectivity index (χ4v) is 5.58. The Hall–Kier alpha value is -2.45. The largest absolute Gasteiger partial charge is 0.460 e. The van der Waals surface area contributed by atoms with E-state index in [0.29, 0.717) is 23.4 Å². The van der Waals surface area contributed by atoms with Gasteiger partial charge in [0.05, 0.1) is 9.82 Å². The van der Waals surface area contributed by atoms with Gasteiger partial charge in [0, 0.05) is 17.2 Å². The van der Waals surface area contributed by atoms with E-state index in [2.05, 4.69) is 0 Å². The molecule has 3 rings (SSSR count). The van der Waals surface area contributed by atoms with Crippen LogP contribution in [-0.4, -0.2) is 24.1 Å². The summed E-state index contributed by atoms with van der Waals surface area (Å²) in [6.45, 7) is -0.238. The minimum atomic E-state index is -3.98. The van der Waals surface area contributed by atoms with Gasteiger partial charge in [-0.3, -0.25) is 14.9 Å². The zero-order valence-electron chi connectivity index (χ0n) is 14.8. The first-order valence-electron chi connectivity index (χ1n) is 8.67. The average molecular weight is 424 g/mol. The summed E-state index contributed by atoms with van der Waals surface area (Å²) in [4.78, 5) is 23.2. The molecule has 0 spiro atoms. The summed E-state index contributed by atoms with van der Waals surface area (Å²) >= 11 is 5.84. The van der Waals surface area contributed by atoms with Gasteiger partial charge in [-0.15, -0.1) is 0 Å². The molecule has 2 aromatic rings. The number of nitro groups is 1. The van der Waals surface area contributed by atoms with E-state index in [-0.39, 0.29) is 30.0 Å². The van der Waals surface area contributed by atoms with E-state index in [9.17, 15) is 23.3 Å². The number of sulfone groups is 1. The predicted octanol–water partition coefficient (Wildman–Crippen LogP) is 4.08. The third kappa shape index (κ3) is 3.74. The van der Waals surface area contributed by atoms with Crippen LogP contribution < -0.4 is 0 Å². The Morgan fingerprint density at radius 2 is 1.79 bits per heavy atom. The van der Waals surface area contributed by atoms with Crippen LogP contribution in [0.25, 0.3) is 0 Å². The molecule has 0 aliphatic heterocycles. The first kappa shape index (κ1) is 20.3. The molecule has 1 aliphatic rings. The number of hydrogen-bond donors (Lipinski definition) is 0. The topological polar surface area (TPSA) is 104 Å². The molecule has 0 bridgehead atoms. The minimum absolute atomic E-state index is 0.0195. The van der Waals surface area contributed by atoms with Gasteiger partial charge in [0.25, 0.3) is 5.69 Å². The normalized spacial score (nSPS) is 15.9. The zero-order valence-corrected chi connectivity index (χ0v) is 16.4. The lowest BCUT2D eigenvalue weighted by atomic mass is 10.1. The van der Waals surface area contributed by atoms with Crippen LogP contribution in [0.2, 0.25) is 5.02 Å². The molecular formula is C19H18ClNO6S. The molecular weight excluding hydrogens is 406 g/mol. The van der Waals surface area contributed by atoms with E-state index in [4.69, 9.17) is 16.3 Å². The first-order valence-corrected chi connectivity index (χ1v) is 10.5. The van der Waals surface area contributed by atoms with Gasteiger partial charge in [-0.25, -0.2) is 8.42 Å². The van der Waals surface area contributed by atoms with Gasteiger partial charge in [0.2, 0.25) is 0 Å². The molecule has 0 unspecified atom stereocenters. The maximum Gasteiger partial charge on any atom is 0.328 e. The van der Waals surface area contributed by atoms with Crippen LogP contribution in [0.1, 0.15) is 31.2 Å². The highest BCUT2D eigenvalue weighted by molar-refractivity contribution is 7.93. The van der Waals surface area contributed by atoms with Crippen molar-refractivity contribution in [2.24, 2.45) is 0 Å². The van der Waals surface area contributed by atoms with E-state index in [1.807, 2.05) is 0 Å². The molecule has 28 heavy (non-hydrogen) atoms. The molecule has 1 saturated carbocycles. The summed E-state index contributed by atoms with van der Waals surface area (Å²) in [6, 6.07) is 11.4. The Kier molecular flexibility index (Phi) is 5.71. The van der Waals surface area contributed by atoms with Crippen molar-refractivity contribution in [3.05, 3.63) is 69.2 Å². The van der Waals surface area contributed by atoms with Gasteiger partial charge in [-0.05, 0) is 42.7 Å². The number of benzene rings is 2. The van der Waals surface area contributed by atoms with Gasteiger partial charge in [0.15, 0.2) is 14.6 Å². The number of rotatable bonds is 6. The van der Waals surface area contributed by atoms with Crippen LogP contribution in [0, 0.1) is 10.1 Å². The molecule has 0 amide bonds. The highest BCUT2D eigenvalue weighted by Crippen LogP contribution is 2.42. The Morgan fingerprint density at radius 1 is 1.14 bits per heavy atom.